The number of hydrogen-bond donors (Lipinski definition) is 3. The molecule has 0 bridgehead atoms. The van der Waals surface area contributed by atoms with E-state index in [9.17, 15) is 4.79 Å². The Balaban J connectivity index is 1.41. The van der Waals surface area contributed by atoms with E-state index in [0.29, 0.717) is 6.54 Å². The summed E-state index contributed by atoms with van der Waals surface area (Å²) in [7, 11) is 4.05. The molecular weight excluding hydrogens is 402 g/mol. The van der Waals surface area contributed by atoms with Crippen LogP contribution in [0.15, 0.2) is 36.4 Å². The van der Waals surface area contributed by atoms with Crippen LogP contribution in [0, 0.1) is 0 Å². The van der Waals surface area contributed by atoms with Gasteiger partial charge in [0.15, 0.2) is 0 Å². The molecule has 3 aromatic rings. The van der Waals surface area contributed by atoms with Crippen LogP contribution in [0.25, 0.3) is 22.2 Å². The zero-order valence-corrected chi connectivity index (χ0v) is 18.8. The van der Waals surface area contributed by atoms with Crippen LogP contribution < -0.4 is 10.2 Å². The van der Waals surface area contributed by atoms with Crippen molar-refractivity contribution in [2.75, 3.05) is 58.3 Å². The van der Waals surface area contributed by atoms with E-state index < -0.39 is 0 Å². The van der Waals surface area contributed by atoms with Gasteiger partial charge in [0.05, 0.1) is 12.2 Å². The molecule has 5 rings (SSSR count). The molecule has 0 radical (unpaired) electrons. The second-order valence-corrected chi connectivity index (χ2v) is 9.05. The number of nitrogens with zero attached hydrogens (tertiary/aromatic N) is 3. The fourth-order valence-electron chi connectivity index (χ4n) is 4.82. The molecule has 0 unspecified atom stereocenters. The average molecular weight is 434 g/mol. The van der Waals surface area contributed by atoms with Crippen molar-refractivity contribution in [2.45, 2.75) is 13.1 Å². The van der Waals surface area contributed by atoms with Crippen molar-refractivity contribution in [3.63, 3.8) is 0 Å². The molecule has 7 nitrogen and oxygen atoms in total. The molecule has 168 valence electrons. The summed E-state index contributed by atoms with van der Waals surface area (Å²) in [6, 6.07) is 12.9. The van der Waals surface area contributed by atoms with Gasteiger partial charge >= 0.3 is 0 Å². The molecule has 1 amide bonds. The van der Waals surface area contributed by atoms with Gasteiger partial charge in [-0.2, -0.15) is 0 Å². The smallest absolute Gasteiger partial charge is 0.252 e. The number of H-pyrrole nitrogens is 1. The van der Waals surface area contributed by atoms with Crippen molar-refractivity contribution in [2.24, 2.45) is 0 Å². The number of aromatic amines is 1. The van der Waals surface area contributed by atoms with E-state index in [1.165, 1.54) is 10.9 Å². The average Bonchev–Trinajstić information content (AvgIpc) is 3.38. The van der Waals surface area contributed by atoms with Gasteiger partial charge in [0.2, 0.25) is 0 Å². The van der Waals surface area contributed by atoms with Gasteiger partial charge in [-0.3, -0.25) is 14.6 Å². The minimum atomic E-state index is -0.00000777. The number of aliphatic hydroxyl groups excluding tert-OH is 1. The third-order valence-corrected chi connectivity index (χ3v) is 6.65. The summed E-state index contributed by atoms with van der Waals surface area (Å²) < 4.78 is 0. The second kappa shape index (κ2) is 8.58. The molecule has 7 heteroatoms. The lowest BCUT2D eigenvalue weighted by molar-refractivity contribution is 0.0966. The monoisotopic (exact) mass is 433 g/mol. The Morgan fingerprint density at radius 2 is 1.81 bits per heavy atom. The summed E-state index contributed by atoms with van der Waals surface area (Å²) >= 11 is 0. The fourth-order valence-corrected chi connectivity index (χ4v) is 4.82. The maximum absolute atomic E-state index is 12.5. The highest BCUT2D eigenvalue weighted by Crippen LogP contribution is 2.35. The Hall–Kier alpha value is -2.87. The van der Waals surface area contributed by atoms with Gasteiger partial charge < -0.3 is 20.3 Å². The van der Waals surface area contributed by atoms with E-state index in [2.05, 4.69) is 61.4 Å². The lowest BCUT2D eigenvalue weighted by atomic mass is 9.99. The van der Waals surface area contributed by atoms with Gasteiger partial charge in [-0.05, 0) is 41.5 Å². The molecule has 1 fully saturated rings. The number of piperazine rings is 1. The molecular formula is C25H31N5O2. The summed E-state index contributed by atoms with van der Waals surface area (Å²) in [4.78, 5) is 22.9. The van der Waals surface area contributed by atoms with E-state index in [1.807, 2.05) is 14.1 Å². The summed E-state index contributed by atoms with van der Waals surface area (Å²) in [5.74, 6) is -0.00000777. The van der Waals surface area contributed by atoms with E-state index in [1.54, 1.807) is 0 Å². The van der Waals surface area contributed by atoms with Crippen molar-refractivity contribution >= 4 is 22.5 Å². The number of aromatic nitrogens is 1. The van der Waals surface area contributed by atoms with E-state index in [-0.39, 0.29) is 12.5 Å². The van der Waals surface area contributed by atoms with E-state index in [0.717, 1.165) is 72.9 Å². The summed E-state index contributed by atoms with van der Waals surface area (Å²) in [5.41, 5.74) is 7.24. The number of anilines is 1. The quantitative estimate of drug-likeness (QED) is 0.556. The first-order chi connectivity index (χ1) is 15.5. The minimum absolute atomic E-state index is 0.00000777. The molecule has 1 aromatic heterocycles. The van der Waals surface area contributed by atoms with E-state index >= 15 is 0 Å². The maximum Gasteiger partial charge on any atom is 0.252 e. The van der Waals surface area contributed by atoms with Gasteiger partial charge in [-0.15, -0.1) is 0 Å². The zero-order valence-electron chi connectivity index (χ0n) is 18.8. The number of carbonyl (C=O) groups is 1. The predicted molar refractivity (Wildman–Crippen MR) is 128 cm³/mol. The van der Waals surface area contributed by atoms with Gasteiger partial charge in [0.1, 0.15) is 0 Å². The fraction of sp³-hybridized carbons (Fsp3) is 0.400. The standard InChI is InChI=1S/C25H31N5O2/c1-28(2)20-12-19-15-26-25(32)24(19)21(14-20)23-13-18-11-17(3-4-22(18)27-23)16-30-7-5-29(6-8-30)9-10-31/h3-4,11-14,27,31H,5-10,15-16H2,1-2H3,(H,26,32). The molecule has 3 heterocycles. The van der Waals surface area contributed by atoms with E-state index in [4.69, 9.17) is 5.11 Å². The Bertz CT molecular complexity index is 1140. The SMILES string of the molecule is CN(C)c1cc2c(c(-c3cc4cc(CN5CCN(CCO)CC5)ccc4[nH]3)c1)C(=O)NC2. The number of rotatable bonds is 6. The third kappa shape index (κ3) is 3.99. The first-order valence-corrected chi connectivity index (χ1v) is 11.3. The number of benzene rings is 2. The Labute approximate surface area is 188 Å². The van der Waals surface area contributed by atoms with Gasteiger partial charge in [-0.25, -0.2) is 0 Å². The lowest BCUT2D eigenvalue weighted by Crippen LogP contribution is -2.46. The number of aliphatic hydroxyl groups is 1. The molecule has 1 saturated heterocycles. The van der Waals surface area contributed by atoms with Crippen LogP contribution in [0.4, 0.5) is 5.69 Å². The Morgan fingerprint density at radius 1 is 1.03 bits per heavy atom. The highest BCUT2D eigenvalue weighted by atomic mass is 16.3. The number of nitrogens with one attached hydrogen (secondary N) is 2. The van der Waals surface area contributed by atoms with Crippen LogP contribution in [-0.4, -0.2) is 79.2 Å². The second-order valence-electron chi connectivity index (χ2n) is 9.05. The van der Waals surface area contributed by atoms with Gasteiger partial charge in [0.25, 0.3) is 5.91 Å². The first-order valence-electron chi connectivity index (χ1n) is 11.3. The highest BCUT2D eigenvalue weighted by Gasteiger charge is 2.25. The number of β-amino-alcohol motifs (C(OH)–C–C–N with tert-alkyl or cyclic N) is 1. The summed E-state index contributed by atoms with van der Waals surface area (Å²) in [6.45, 7) is 6.57. The number of amides is 1. The van der Waals surface area contributed by atoms with Crippen molar-refractivity contribution in [1.82, 2.24) is 20.1 Å². The van der Waals surface area contributed by atoms with Crippen LogP contribution >= 0.6 is 0 Å². The number of hydrogen-bond acceptors (Lipinski definition) is 5. The predicted octanol–water partition coefficient (Wildman–Crippen LogP) is 2.25. The molecule has 0 spiro atoms. The summed E-state index contributed by atoms with van der Waals surface area (Å²) in [6.07, 6.45) is 0. The van der Waals surface area contributed by atoms with Crippen molar-refractivity contribution in [1.29, 1.82) is 0 Å². The van der Waals surface area contributed by atoms with Crippen LogP contribution in [0.2, 0.25) is 0 Å². The van der Waals surface area contributed by atoms with Gasteiger partial charge in [0, 0.05) is 87.8 Å². The molecule has 0 atom stereocenters. The largest absolute Gasteiger partial charge is 0.395 e. The van der Waals surface area contributed by atoms with Crippen molar-refractivity contribution in [3.8, 4) is 11.3 Å². The first kappa shape index (κ1) is 21.0. The molecule has 3 N–H and O–H groups in total. The molecule has 0 aliphatic carbocycles. The zero-order chi connectivity index (χ0) is 22.2. The van der Waals surface area contributed by atoms with Crippen LogP contribution in [0.5, 0.6) is 0 Å². The number of carbonyl (C=O) groups excluding carboxylic acids is 1. The number of fused-ring (bicyclic) bond motifs is 2. The van der Waals surface area contributed by atoms with Crippen LogP contribution in [0.1, 0.15) is 21.5 Å². The maximum atomic E-state index is 12.5. The van der Waals surface area contributed by atoms with Crippen molar-refractivity contribution < 1.29 is 9.90 Å². The topological polar surface area (TPSA) is 74.8 Å². The molecule has 2 aliphatic heterocycles. The third-order valence-electron chi connectivity index (χ3n) is 6.65. The van der Waals surface area contributed by atoms with Crippen LogP contribution in [-0.2, 0) is 13.1 Å². The molecule has 2 aromatic carbocycles. The molecule has 2 aliphatic rings. The lowest BCUT2D eigenvalue weighted by Gasteiger charge is -2.34. The highest BCUT2D eigenvalue weighted by molar-refractivity contribution is 6.06. The normalized spacial score (nSPS) is 17.0. The molecule has 32 heavy (non-hydrogen) atoms. The van der Waals surface area contributed by atoms with Gasteiger partial charge in [-0.1, -0.05) is 6.07 Å². The minimum Gasteiger partial charge on any atom is -0.395 e. The summed E-state index contributed by atoms with van der Waals surface area (Å²) in [5, 5.41) is 13.3. The van der Waals surface area contributed by atoms with Crippen molar-refractivity contribution in [3.05, 3.63) is 53.1 Å². The van der Waals surface area contributed by atoms with Crippen LogP contribution in [0.3, 0.4) is 0 Å². The molecule has 0 saturated carbocycles. The Kier molecular flexibility index (Phi) is 5.63. The Morgan fingerprint density at radius 3 is 2.56 bits per heavy atom.